The van der Waals surface area contributed by atoms with E-state index in [0.717, 1.165) is 0 Å². The fourth-order valence-electron chi connectivity index (χ4n) is 2.19. The van der Waals surface area contributed by atoms with Crippen LogP contribution >= 0.6 is 11.6 Å². The third-order valence-corrected chi connectivity index (χ3v) is 3.51. The van der Waals surface area contributed by atoms with Crippen LogP contribution < -0.4 is 10.2 Å². The summed E-state index contributed by atoms with van der Waals surface area (Å²) in [6, 6.07) is 7.27. The molecule has 3 aromatic rings. The van der Waals surface area contributed by atoms with E-state index in [9.17, 15) is 14.7 Å². The minimum atomic E-state index is -0.573. The third kappa shape index (κ3) is 2.80. The molecule has 118 valence electrons. The number of hydrogen-bond donors (Lipinski definition) is 1. The molecule has 0 saturated carbocycles. The van der Waals surface area contributed by atoms with Gasteiger partial charge in [-0.15, -0.1) is 0 Å². The molecule has 0 radical (unpaired) electrons. The largest absolute Gasteiger partial charge is 0.507 e. The number of benzene rings is 2. The quantitative estimate of drug-likeness (QED) is 0.585. The zero-order valence-electron chi connectivity index (χ0n) is 12.0. The Balaban J connectivity index is 2.17. The summed E-state index contributed by atoms with van der Waals surface area (Å²) >= 11 is 5.90. The second-order valence-corrected chi connectivity index (χ2v) is 5.19. The van der Waals surface area contributed by atoms with E-state index in [-0.39, 0.29) is 34.5 Å². The molecule has 0 bridgehead atoms. The van der Waals surface area contributed by atoms with Crippen LogP contribution in [0.3, 0.4) is 0 Å². The molecule has 0 fully saturated rings. The van der Waals surface area contributed by atoms with E-state index in [4.69, 9.17) is 20.8 Å². The van der Waals surface area contributed by atoms with Gasteiger partial charge in [-0.1, -0.05) is 11.6 Å². The van der Waals surface area contributed by atoms with Gasteiger partial charge < -0.3 is 19.0 Å². The van der Waals surface area contributed by atoms with Gasteiger partial charge in [0, 0.05) is 23.2 Å². The Labute approximate surface area is 134 Å². The van der Waals surface area contributed by atoms with Gasteiger partial charge in [0.2, 0.25) is 5.43 Å². The maximum Gasteiger partial charge on any atom is 0.343 e. The Morgan fingerprint density at radius 1 is 1.26 bits per heavy atom. The van der Waals surface area contributed by atoms with Crippen molar-refractivity contribution >= 4 is 39.5 Å². The third-order valence-electron chi connectivity index (χ3n) is 3.27. The van der Waals surface area contributed by atoms with Gasteiger partial charge in [-0.25, -0.2) is 4.79 Å². The number of phenolic OH excluding ortho intramolecular Hbond substituents is 1. The monoisotopic (exact) mass is 334 g/mol. The summed E-state index contributed by atoms with van der Waals surface area (Å²) in [4.78, 5) is 23.6. The topological polar surface area (TPSA) is 86.0 Å². The van der Waals surface area contributed by atoms with Crippen LogP contribution in [0.1, 0.15) is 0 Å². The lowest BCUT2D eigenvalue weighted by atomic mass is 10.1. The first-order valence-electron chi connectivity index (χ1n) is 6.58. The van der Waals surface area contributed by atoms with Gasteiger partial charge in [-0.05, 0) is 12.1 Å². The Morgan fingerprint density at radius 2 is 2.04 bits per heavy atom. The highest BCUT2D eigenvalue weighted by Crippen LogP contribution is 2.31. The zero-order chi connectivity index (χ0) is 16.6. The minimum absolute atomic E-state index is 0.0326. The fourth-order valence-corrected chi connectivity index (χ4v) is 2.35. The van der Waals surface area contributed by atoms with Gasteiger partial charge in [-0.2, -0.15) is 0 Å². The van der Waals surface area contributed by atoms with Crippen molar-refractivity contribution in [3.05, 3.63) is 45.6 Å². The average Bonchev–Trinajstić information content (AvgIpc) is 2.51. The van der Waals surface area contributed by atoms with E-state index in [1.54, 1.807) is 6.07 Å². The van der Waals surface area contributed by atoms with Crippen molar-refractivity contribution in [2.75, 3.05) is 13.7 Å². The second kappa shape index (κ2) is 5.81. The minimum Gasteiger partial charge on any atom is -0.507 e. The molecule has 0 aliphatic carbocycles. The first kappa shape index (κ1) is 15.2. The molecular formula is C16H11ClO6. The molecule has 0 unspecified atom stereocenters. The summed E-state index contributed by atoms with van der Waals surface area (Å²) in [5, 5.41) is 10.8. The van der Waals surface area contributed by atoms with Crippen LogP contribution in [-0.2, 0) is 9.53 Å². The van der Waals surface area contributed by atoms with Gasteiger partial charge in [0.05, 0.1) is 12.5 Å². The number of esters is 1. The summed E-state index contributed by atoms with van der Waals surface area (Å²) in [5.74, 6) is -0.700. The average molecular weight is 335 g/mol. The summed E-state index contributed by atoms with van der Waals surface area (Å²) in [6.07, 6.45) is 0. The van der Waals surface area contributed by atoms with Crippen molar-refractivity contribution in [2.45, 2.75) is 0 Å². The number of carbonyl (C=O) groups is 1. The van der Waals surface area contributed by atoms with Crippen molar-refractivity contribution in [3.8, 4) is 11.5 Å². The number of methoxy groups -OCH3 is 1. The highest BCUT2D eigenvalue weighted by atomic mass is 35.5. The second-order valence-electron chi connectivity index (χ2n) is 4.75. The molecular weight excluding hydrogens is 324 g/mol. The molecule has 1 aromatic heterocycles. The predicted octanol–water partition coefficient (Wildman–Crippen LogP) is 2.86. The molecule has 0 spiro atoms. The lowest BCUT2D eigenvalue weighted by Crippen LogP contribution is -2.12. The van der Waals surface area contributed by atoms with E-state index in [1.807, 2.05) is 0 Å². The van der Waals surface area contributed by atoms with E-state index >= 15 is 0 Å². The molecule has 3 rings (SSSR count). The van der Waals surface area contributed by atoms with Gasteiger partial charge in [0.1, 0.15) is 28.1 Å². The van der Waals surface area contributed by atoms with Crippen LogP contribution in [0, 0.1) is 0 Å². The smallest absolute Gasteiger partial charge is 0.343 e. The Kier molecular flexibility index (Phi) is 3.83. The Hall–Kier alpha value is -2.73. The van der Waals surface area contributed by atoms with Gasteiger partial charge in [0.25, 0.3) is 0 Å². The molecule has 23 heavy (non-hydrogen) atoms. The van der Waals surface area contributed by atoms with Crippen LogP contribution in [0.2, 0.25) is 5.02 Å². The number of phenols is 1. The van der Waals surface area contributed by atoms with Gasteiger partial charge in [-0.3, -0.25) is 4.79 Å². The highest BCUT2D eigenvalue weighted by molar-refractivity contribution is 6.31. The van der Waals surface area contributed by atoms with Crippen molar-refractivity contribution in [1.82, 2.24) is 0 Å². The predicted molar refractivity (Wildman–Crippen MR) is 84.2 cm³/mol. The first-order valence-corrected chi connectivity index (χ1v) is 6.96. The molecule has 0 atom stereocenters. The number of fused-ring (bicyclic) bond motifs is 2. The van der Waals surface area contributed by atoms with E-state index in [2.05, 4.69) is 4.74 Å². The molecule has 0 aliphatic heterocycles. The van der Waals surface area contributed by atoms with Crippen LogP contribution in [-0.4, -0.2) is 24.8 Å². The van der Waals surface area contributed by atoms with E-state index in [1.165, 1.54) is 31.4 Å². The maximum absolute atomic E-state index is 12.5. The fraction of sp³-hybridized carbons (Fsp3) is 0.125. The number of halogens is 1. The number of hydrogen-bond acceptors (Lipinski definition) is 6. The van der Waals surface area contributed by atoms with E-state index < -0.39 is 5.97 Å². The Morgan fingerprint density at radius 3 is 2.78 bits per heavy atom. The van der Waals surface area contributed by atoms with Gasteiger partial charge in [0.15, 0.2) is 6.61 Å². The van der Waals surface area contributed by atoms with Crippen molar-refractivity contribution < 1.29 is 23.8 Å². The maximum atomic E-state index is 12.5. The van der Waals surface area contributed by atoms with Crippen LogP contribution in [0.15, 0.2) is 39.5 Å². The van der Waals surface area contributed by atoms with Crippen molar-refractivity contribution in [2.24, 2.45) is 0 Å². The molecule has 0 saturated heterocycles. The van der Waals surface area contributed by atoms with E-state index in [0.29, 0.717) is 16.0 Å². The highest BCUT2D eigenvalue weighted by Gasteiger charge is 2.14. The summed E-state index contributed by atoms with van der Waals surface area (Å²) in [5.41, 5.74) is 0.0408. The normalized spacial score (nSPS) is 10.9. The molecule has 0 amide bonds. The molecule has 1 N–H and O–H groups in total. The Bertz CT molecular complexity index is 976. The number of carbonyl (C=O) groups excluding carboxylic acids is 1. The van der Waals surface area contributed by atoms with Crippen molar-refractivity contribution in [1.29, 1.82) is 0 Å². The lowest BCUT2D eigenvalue weighted by Gasteiger charge is -2.08. The summed E-state index contributed by atoms with van der Waals surface area (Å²) in [7, 11) is 1.23. The first-order chi connectivity index (χ1) is 11.0. The SMILES string of the molecule is COC(=O)COc1cc(O)c2c(=O)c3ccc(Cl)cc3oc2c1. The zero-order valence-corrected chi connectivity index (χ0v) is 12.7. The molecule has 7 heteroatoms. The van der Waals surface area contributed by atoms with Crippen LogP contribution in [0.25, 0.3) is 21.9 Å². The number of rotatable bonds is 3. The number of ether oxygens (including phenoxy) is 2. The molecule has 0 aliphatic rings. The lowest BCUT2D eigenvalue weighted by molar-refractivity contribution is -0.142. The standard InChI is InChI=1S/C16H11ClO6/c1-21-14(19)7-22-9-5-11(18)15-13(6-9)23-12-4-8(17)2-3-10(12)16(15)20/h2-6,18H,7H2,1H3. The molecule has 1 heterocycles. The van der Waals surface area contributed by atoms with Gasteiger partial charge >= 0.3 is 5.97 Å². The van der Waals surface area contributed by atoms with Crippen LogP contribution in [0.4, 0.5) is 0 Å². The summed E-state index contributed by atoms with van der Waals surface area (Å²) in [6.45, 7) is -0.328. The van der Waals surface area contributed by atoms with Crippen molar-refractivity contribution in [3.63, 3.8) is 0 Å². The molecule has 2 aromatic carbocycles. The molecule has 6 nitrogen and oxygen atoms in total. The number of aromatic hydroxyl groups is 1. The summed E-state index contributed by atoms with van der Waals surface area (Å²) < 4.78 is 15.3. The van der Waals surface area contributed by atoms with Crippen LogP contribution in [0.5, 0.6) is 11.5 Å².